The third-order valence-corrected chi connectivity index (χ3v) is 12.8. The minimum absolute atomic E-state index is 0.0315. The van der Waals surface area contributed by atoms with Crippen LogP contribution in [0.4, 0.5) is 28.4 Å². The predicted octanol–water partition coefficient (Wildman–Crippen LogP) is 10.6. The number of nitrogens with zero attached hydrogens (tertiary/aromatic N) is 2. The van der Waals surface area contributed by atoms with Crippen molar-refractivity contribution in [2.75, 3.05) is 9.80 Å². The van der Waals surface area contributed by atoms with E-state index in [1.807, 2.05) is 6.07 Å². The van der Waals surface area contributed by atoms with Crippen LogP contribution in [0.15, 0.2) is 138 Å². The van der Waals surface area contributed by atoms with Crippen molar-refractivity contribution in [2.45, 2.75) is 50.5 Å². The lowest BCUT2D eigenvalue weighted by Crippen LogP contribution is -2.57. The van der Waals surface area contributed by atoms with Gasteiger partial charge in [-0.3, -0.25) is 0 Å². The summed E-state index contributed by atoms with van der Waals surface area (Å²) >= 11 is 0. The molecule has 0 radical (unpaired) electrons. The Hall–Kier alpha value is -5.68. The molecule has 3 aliphatic rings. The second kappa shape index (κ2) is 10.4. The normalized spacial score (nSPS) is 20.3. The Bertz CT molecular complexity index is 2640. The van der Waals surface area contributed by atoms with Crippen LogP contribution < -0.4 is 20.7 Å². The van der Waals surface area contributed by atoms with Gasteiger partial charge in [0.25, 0.3) is 0 Å². The second-order valence-corrected chi connectivity index (χ2v) is 15.3. The highest BCUT2D eigenvalue weighted by Crippen LogP contribution is 2.61. The quantitative estimate of drug-likeness (QED) is 0.191. The molecule has 11 rings (SSSR count). The molecule has 51 heavy (non-hydrogen) atoms. The first kappa shape index (κ1) is 29.1. The van der Waals surface area contributed by atoms with E-state index in [-0.39, 0.29) is 11.0 Å². The highest BCUT2D eigenvalue weighted by Gasteiger charge is 2.59. The number of nitrogens with one attached hydrogen (secondary N) is 1. The maximum absolute atomic E-state index is 6.42. The lowest BCUT2D eigenvalue weighted by Gasteiger charge is -2.51. The molecule has 1 saturated carbocycles. The zero-order valence-corrected chi connectivity index (χ0v) is 29.0. The summed E-state index contributed by atoms with van der Waals surface area (Å²) in [6.45, 7) is 5.10. The van der Waals surface area contributed by atoms with E-state index in [1.165, 1.54) is 70.1 Å². The Labute approximate surface area is 298 Å². The van der Waals surface area contributed by atoms with Gasteiger partial charge in [-0.05, 0) is 78.8 Å². The van der Waals surface area contributed by atoms with Gasteiger partial charge in [-0.25, -0.2) is 0 Å². The number of hydrogen-bond donors (Lipinski definition) is 1. The Morgan fingerprint density at radius 1 is 0.686 bits per heavy atom. The van der Waals surface area contributed by atoms with Crippen LogP contribution in [0.3, 0.4) is 0 Å². The molecule has 1 fully saturated rings. The first-order valence-electron chi connectivity index (χ1n) is 18.5. The van der Waals surface area contributed by atoms with Gasteiger partial charge < -0.3 is 19.2 Å². The van der Waals surface area contributed by atoms with Crippen LogP contribution in [0.2, 0.25) is 0 Å². The van der Waals surface area contributed by atoms with Gasteiger partial charge in [-0.15, -0.1) is 0 Å². The molecule has 0 amide bonds. The molecule has 0 bridgehead atoms. The molecule has 0 saturated heterocycles. The van der Waals surface area contributed by atoms with E-state index in [0.717, 1.165) is 51.9 Å². The lowest BCUT2D eigenvalue weighted by molar-refractivity contribution is 0.195. The molecular weight excluding hydrogens is 621 g/mol. The maximum Gasteiger partial charge on any atom is 0.206 e. The smallest absolute Gasteiger partial charge is 0.206 e. The first-order valence-corrected chi connectivity index (χ1v) is 18.5. The average molecular weight is 660 g/mol. The van der Waals surface area contributed by atoms with E-state index < -0.39 is 0 Å². The van der Waals surface area contributed by atoms with Gasteiger partial charge in [0.05, 0.1) is 16.4 Å². The van der Waals surface area contributed by atoms with Crippen molar-refractivity contribution in [1.29, 1.82) is 0 Å². The average Bonchev–Trinajstić information content (AvgIpc) is 3.78. The van der Waals surface area contributed by atoms with Crippen LogP contribution in [-0.4, -0.2) is 17.8 Å². The number of aromatic amines is 1. The van der Waals surface area contributed by atoms with Crippen LogP contribution in [0.1, 0.15) is 45.1 Å². The Morgan fingerprint density at radius 3 is 2.20 bits per heavy atom. The third kappa shape index (κ3) is 3.87. The van der Waals surface area contributed by atoms with E-state index in [4.69, 9.17) is 4.42 Å². The topological polar surface area (TPSA) is 35.4 Å². The van der Waals surface area contributed by atoms with Crippen molar-refractivity contribution in [2.24, 2.45) is 0 Å². The van der Waals surface area contributed by atoms with Crippen LogP contribution in [0, 0.1) is 0 Å². The van der Waals surface area contributed by atoms with Gasteiger partial charge in [0.1, 0.15) is 5.58 Å². The summed E-state index contributed by atoms with van der Waals surface area (Å²) in [6, 6.07) is 48.9. The number of furan rings is 1. The summed E-state index contributed by atoms with van der Waals surface area (Å²) in [5.74, 6) is 0. The molecule has 4 nitrogen and oxygen atoms in total. The predicted molar refractivity (Wildman–Crippen MR) is 215 cm³/mol. The Morgan fingerprint density at radius 2 is 1.39 bits per heavy atom. The summed E-state index contributed by atoms with van der Waals surface area (Å²) < 4.78 is 6.42. The molecule has 6 aromatic carbocycles. The number of hydrogen-bond acceptors (Lipinski definition) is 3. The van der Waals surface area contributed by atoms with E-state index >= 15 is 0 Å². The first-order chi connectivity index (χ1) is 25.0. The van der Waals surface area contributed by atoms with Crippen molar-refractivity contribution in [3.05, 3.63) is 139 Å². The highest BCUT2D eigenvalue weighted by atomic mass is 16.3. The SMILES string of the molecule is CC12CCCCC1(C)N1c3cc(N(c4ccccc4)c4ccccc4)cc(-c4cccc5c4[nH]c4oc6ccccc6c45)c3Bc3cccc2c31. The molecule has 8 aromatic rings. The molecular formula is C46H38BN3O. The molecule has 2 aliphatic heterocycles. The number of H-pyrrole nitrogens is 1. The summed E-state index contributed by atoms with van der Waals surface area (Å²) in [4.78, 5) is 9.00. The maximum atomic E-state index is 6.42. The number of rotatable bonds is 4. The standard InChI is InChI=1S/C46H38BN3O/c1-45-25-11-12-26-46(45,2)50-38-28-31(49(29-15-5-3-6-16-29)30-17-7-4-8-18-30)27-35(41(38)47-37-23-14-22-36(45)43(37)50)32-20-13-21-34-40-33-19-9-10-24-39(33)51-44(40)48-42(32)34/h3-10,13-24,27-28,47-48H,11-12,25-26H2,1-2H3. The van der Waals surface area contributed by atoms with E-state index in [2.05, 4.69) is 156 Å². The largest absolute Gasteiger partial charge is 0.440 e. The molecule has 2 aromatic heterocycles. The Balaban J connectivity index is 1.24. The molecule has 4 heterocycles. The highest BCUT2D eigenvalue weighted by molar-refractivity contribution is 6.73. The monoisotopic (exact) mass is 659 g/mol. The lowest BCUT2D eigenvalue weighted by atomic mass is 9.58. The number of anilines is 5. The van der Waals surface area contributed by atoms with Crippen LogP contribution in [0.25, 0.3) is 44.1 Å². The van der Waals surface area contributed by atoms with Gasteiger partial charge in [-0.1, -0.05) is 116 Å². The van der Waals surface area contributed by atoms with Gasteiger partial charge in [0, 0.05) is 50.2 Å². The van der Waals surface area contributed by atoms with Crippen molar-refractivity contribution < 1.29 is 4.42 Å². The second-order valence-electron chi connectivity index (χ2n) is 15.3. The van der Waals surface area contributed by atoms with Gasteiger partial charge in [-0.2, -0.15) is 0 Å². The fourth-order valence-corrected chi connectivity index (χ4v) is 10.2. The van der Waals surface area contributed by atoms with Gasteiger partial charge >= 0.3 is 0 Å². The van der Waals surface area contributed by atoms with Crippen LogP contribution in [0.5, 0.6) is 0 Å². The summed E-state index contributed by atoms with van der Waals surface area (Å²) in [7, 11) is 0.892. The molecule has 246 valence electrons. The zero-order chi connectivity index (χ0) is 33.9. The van der Waals surface area contributed by atoms with E-state index in [1.54, 1.807) is 0 Å². The minimum Gasteiger partial charge on any atom is -0.440 e. The summed E-state index contributed by atoms with van der Waals surface area (Å²) in [5, 5.41) is 3.50. The van der Waals surface area contributed by atoms with Crippen molar-refractivity contribution in [3.63, 3.8) is 0 Å². The molecule has 2 unspecified atom stereocenters. The molecule has 1 aliphatic carbocycles. The number of fused-ring (bicyclic) bond motifs is 10. The molecule has 5 heteroatoms. The number of aromatic nitrogens is 1. The van der Waals surface area contributed by atoms with E-state index in [0.29, 0.717) is 0 Å². The third-order valence-electron chi connectivity index (χ3n) is 12.8. The molecule has 2 atom stereocenters. The fourth-order valence-electron chi connectivity index (χ4n) is 10.2. The zero-order valence-electron chi connectivity index (χ0n) is 29.0. The summed E-state index contributed by atoms with van der Waals surface area (Å²) in [6.07, 6.45) is 4.92. The van der Waals surface area contributed by atoms with Gasteiger partial charge in [0.15, 0.2) is 7.28 Å². The molecule has 0 spiro atoms. The van der Waals surface area contributed by atoms with Crippen LogP contribution in [-0.2, 0) is 5.41 Å². The van der Waals surface area contributed by atoms with E-state index in [9.17, 15) is 0 Å². The minimum atomic E-state index is -0.0315. The van der Waals surface area contributed by atoms with Crippen molar-refractivity contribution in [3.8, 4) is 11.1 Å². The van der Waals surface area contributed by atoms with Gasteiger partial charge in [0.2, 0.25) is 5.71 Å². The fraction of sp³-hybridized carbons (Fsp3) is 0.174. The molecule has 1 N–H and O–H groups in total. The van der Waals surface area contributed by atoms with Crippen molar-refractivity contribution >= 4 is 79.6 Å². The summed E-state index contributed by atoms with van der Waals surface area (Å²) in [5.41, 5.74) is 16.0. The van der Waals surface area contributed by atoms with Crippen LogP contribution >= 0.6 is 0 Å². The van der Waals surface area contributed by atoms with Crippen molar-refractivity contribution in [1.82, 2.24) is 4.98 Å². The Kier molecular flexibility index (Phi) is 5.95. The number of benzene rings is 6. The number of para-hydroxylation sites is 5.